The molecule has 1 aliphatic heterocycles. The molecule has 32 heavy (non-hydrogen) atoms. The summed E-state index contributed by atoms with van der Waals surface area (Å²) in [5.41, 5.74) is 6.14. The zero-order chi connectivity index (χ0) is 23.1. The Labute approximate surface area is 193 Å². The number of amides is 3. The van der Waals surface area contributed by atoms with Gasteiger partial charge in [-0.1, -0.05) is 36.8 Å². The maximum atomic E-state index is 13.6. The van der Waals surface area contributed by atoms with Crippen LogP contribution in [0.5, 0.6) is 0 Å². The van der Waals surface area contributed by atoms with E-state index in [0.29, 0.717) is 19.0 Å². The van der Waals surface area contributed by atoms with Crippen LogP contribution in [0.15, 0.2) is 30.3 Å². The van der Waals surface area contributed by atoms with Crippen LogP contribution in [0.1, 0.15) is 64.4 Å². The highest BCUT2D eigenvalue weighted by Gasteiger charge is 2.55. The van der Waals surface area contributed by atoms with Crippen LogP contribution in [0.2, 0.25) is 0 Å². The van der Waals surface area contributed by atoms with Crippen LogP contribution in [-0.2, 0) is 10.3 Å². The fraction of sp³-hybridized carbons (Fsp3) is 0.692. The first-order valence-corrected chi connectivity index (χ1v) is 12.2. The summed E-state index contributed by atoms with van der Waals surface area (Å²) < 4.78 is 0. The summed E-state index contributed by atoms with van der Waals surface area (Å²) in [7, 11) is 4.36. The Kier molecular flexibility index (Phi) is 6.03. The highest BCUT2D eigenvalue weighted by Crippen LogP contribution is 2.49. The summed E-state index contributed by atoms with van der Waals surface area (Å²) in [6.45, 7) is 5.64. The van der Waals surface area contributed by atoms with Crippen LogP contribution in [0.3, 0.4) is 0 Å². The summed E-state index contributed by atoms with van der Waals surface area (Å²) in [4.78, 5) is 32.1. The number of primary amides is 1. The van der Waals surface area contributed by atoms with Gasteiger partial charge in [0.15, 0.2) is 0 Å². The zero-order valence-corrected chi connectivity index (χ0v) is 20.3. The lowest BCUT2D eigenvalue weighted by Gasteiger charge is -2.51. The fourth-order valence-corrected chi connectivity index (χ4v) is 6.07. The first kappa shape index (κ1) is 23.1. The lowest BCUT2D eigenvalue weighted by atomic mass is 9.68. The van der Waals surface area contributed by atoms with Gasteiger partial charge in [-0.05, 0) is 77.9 Å². The van der Waals surface area contributed by atoms with E-state index in [1.54, 1.807) is 0 Å². The van der Waals surface area contributed by atoms with E-state index in [9.17, 15) is 9.59 Å². The monoisotopic (exact) mass is 440 g/mol. The SMILES string of the molecule is CN(C)C1(c2ccccc2)CCC2(CC1)CN(CC(C)(C)C(N)=O)C(=O)N2CC1CCC1. The average molecular weight is 441 g/mol. The molecule has 4 rings (SSSR count). The van der Waals surface area contributed by atoms with Gasteiger partial charge in [-0.2, -0.15) is 0 Å². The molecule has 1 aromatic rings. The third-order valence-electron chi connectivity index (χ3n) is 8.65. The maximum Gasteiger partial charge on any atom is 0.320 e. The summed E-state index contributed by atoms with van der Waals surface area (Å²) in [5, 5.41) is 0. The van der Waals surface area contributed by atoms with Gasteiger partial charge >= 0.3 is 6.03 Å². The summed E-state index contributed by atoms with van der Waals surface area (Å²) in [6.07, 6.45) is 7.71. The molecule has 2 N–H and O–H groups in total. The number of carbonyl (C=O) groups is 2. The van der Waals surface area contributed by atoms with Gasteiger partial charge in [0.05, 0.1) is 11.0 Å². The van der Waals surface area contributed by atoms with Gasteiger partial charge in [-0.25, -0.2) is 4.79 Å². The molecule has 1 heterocycles. The van der Waals surface area contributed by atoms with Crippen LogP contribution in [0, 0.1) is 11.3 Å². The van der Waals surface area contributed by atoms with Gasteiger partial charge in [0.1, 0.15) is 0 Å². The van der Waals surface area contributed by atoms with Crippen molar-refractivity contribution in [2.75, 3.05) is 33.7 Å². The Hall–Kier alpha value is -2.08. The Morgan fingerprint density at radius 2 is 1.75 bits per heavy atom. The molecule has 0 radical (unpaired) electrons. The predicted octanol–water partition coefficient (Wildman–Crippen LogP) is 3.81. The quantitative estimate of drug-likeness (QED) is 0.701. The molecule has 3 fully saturated rings. The highest BCUT2D eigenvalue weighted by atomic mass is 16.2. The molecule has 2 saturated carbocycles. The highest BCUT2D eigenvalue weighted by molar-refractivity contribution is 5.83. The van der Waals surface area contributed by atoms with Crippen molar-refractivity contribution in [2.24, 2.45) is 17.1 Å². The van der Waals surface area contributed by atoms with E-state index in [0.717, 1.165) is 32.2 Å². The second-order valence-corrected chi connectivity index (χ2v) is 11.3. The predicted molar refractivity (Wildman–Crippen MR) is 127 cm³/mol. The van der Waals surface area contributed by atoms with E-state index in [2.05, 4.69) is 54.2 Å². The zero-order valence-electron chi connectivity index (χ0n) is 20.3. The molecule has 2 aliphatic carbocycles. The van der Waals surface area contributed by atoms with Gasteiger partial charge < -0.3 is 15.5 Å². The average Bonchev–Trinajstić information content (AvgIpc) is 2.96. The van der Waals surface area contributed by atoms with Gasteiger partial charge in [0, 0.05) is 25.2 Å². The fourth-order valence-electron chi connectivity index (χ4n) is 6.07. The maximum absolute atomic E-state index is 13.6. The molecule has 6 nitrogen and oxygen atoms in total. The van der Waals surface area contributed by atoms with Gasteiger partial charge in [0.2, 0.25) is 5.91 Å². The molecule has 3 amide bonds. The van der Waals surface area contributed by atoms with Crippen molar-refractivity contribution in [3.05, 3.63) is 35.9 Å². The molecule has 6 heteroatoms. The Morgan fingerprint density at radius 1 is 1.12 bits per heavy atom. The Balaban J connectivity index is 1.59. The first-order valence-electron chi connectivity index (χ1n) is 12.2. The summed E-state index contributed by atoms with van der Waals surface area (Å²) >= 11 is 0. The number of benzene rings is 1. The third-order valence-corrected chi connectivity index (χ3v) is 8.65. The summed E-state index contributed by atoms with van der Waals surface area (Å²) in [6, 6.07) is 10.9. The number of urea groups is 1. The van der Waals surface area contributed by atoms with E-state index in [1.165, 1.54) is 24.8 Å². The van der Waals surface area contributed by atoms with Crippen LogP contribution in [-0.4, -0.2) is 65.9 Å². The number of nitrogens with zero attached hydrogens (tertiary/aromatic N) is 3. The topological polar surface area (TPSA) is 69.9 Å². The number of nitrogens with two attached hydrogens (primary N) is 1. The van der Waals surface area contributed by atoms with E-state index in [-0.39, 0.29) is 23.0 Å². The Morgan fingerprint density at radius 3 is 2.25 bits per heavy atom. The van der Waals surface area contributed by atoms with Crippen LogP contribution >= 0.6 is 0 Å². The molecular formula is C26H40N4O2. The van der Waals surface area contributed by atoms with E-state index >= 15 is 0 Å². The molecule has 1 aromatic carbocycles. The van der Waals surface area contributed by atoms with Gasteiger partial charge in [-0.15, -0.1) is 0 Å². The van der Waals surface area contributed by atoms with Crippen molar-refractivity contribution in [3.8, 4) is 0 Å². The van der Waals surface area contributed by atoms with Gasteiger partial charge in [0.25, 0.3) is 0 Å². The molecule has 0 bridgehead atoms. The number of hydrogen-bond acceptors (Lipinski definition) is 3. The minimum atomic E-state index is -0.727. The van der Waals surface area contributed by atoms with E-state index in [1.807, 2.05) is 18.7 Å². The Bertz CT molecular complexity index is 839. The second kappa shape index (κ2) is 8.36. The normalized spacial score (nSPS) is 29.1. The van der Waals surface area contributed by atoms with Crippen molar-refractivity contribution in [3.63, 3.8) is 0 Å². The summed E-state index contributed by atoms with van der Waals surface area (Å²) in [5.74, 6) is 0.269. The first-order chi connectivity index (χ1) is 15.1. The van der Waals surface area contributed by atoms with E-state index < -0.39 is 5.41 Å². The molecule has 1 spiro atoms. The minimum Gasteiger partial charge on any atom is -0.369 e. The van der Waals surface area contributed by atoms with Crippen LogP contribution in [0.4, 0.5) is 4.79 Å². The number of rotatable bonds is 7. The van der Waals surface area contributed by atoms with Crippen molar-refractivity contribution in [2.45, 2.75) is 69.9 Å². The largest absolute Gasteiger partial charge is 0.369 e. The molecule has 0 aromatic heterocycles. The van der Waals surface area contributed by atoms with Crippen LogP contribution < -0.4 is 5.73 Å². The molecule has 0 atom stereocenters. The molecular weight excluding hydrogens is 400 g/mol. The number of carbonyl (C=O) groups excluding carboxylic acids is 2. The van der Waals surface area contributed by atoms with Crippen molar-refractivity contribution < 1.29 is 9.59 Å². The van der Waals surface area contributed by atoms with Crippen molar-refractivity contribution >= 4 is 11.9 Å². The second-order valence-electron chi connectivity index (χ2n) is 11.3. The molecule has 176 valence electrons. The molecule has 3 aliphatic rings. The van der Waals surface area contributed by atoms with Crippen molar-refractivity contribution in [1.29, 1.82) is 0 Å². The lowest BCUT2D eigenvalue weighted by molar-refractivity contribution is -0.126. The molecule has 0 unspecified atom stereocenters. The minimum absolute atomic E-state index is 0.00237. The van der Waals surface area contributed by atoms with Crippen molar-refractivity contribution in [1.82, 2.24) is 14.7 Å². The van der Waals surface area contributed by atoms with E-state index in [4.69, 9.17) is 5.73 Å². The standard InChI is InChI=1S/C26H40N4O2/c1-24(2,22(27)31)18-29-19-25(30(23(29)32)17-20-9-8-10-20)13-15-26(16-14-25,28(3)4)21-11-6-5-7-12-21/h5-7,11-12,20H,8-10,13-19H2,1-4H3,(H2,27,31). The third kappa shape index (κ3) is 3.91. The lowest BCUT2D eigenvalue weighted by Crippen LogP contribution is -2.56. The smallest absolute Gasteiger partial charge is 0.320 e. The van der Waals surface area contributed by atoms with Gasteiger partial charge in [-0.3, -0.25) is 9.69 Å². The van der Waals surface area contributed by atoms with Crippen LogP contribution in [0.25, 0.3) is 0 Å². The number of hydrogen-bond donors (Lipinski definition) is 1. The molecule has 1 saturated heterocycles.